The molecule has 1 amide bonds. The lowest BCUT2D eigenvalue weighted by molar-refractivity contribution is -0.114. The average Bonchev–Trinajstić information content (AvgIpc) is 2.56. The van der Waals surface area contributed by atoms with Crippen molar-refractivity contribution in [3.05, 3.63) is 47.2 Å². The number of amides is 1. The number of rotatable bonds is 6. The van der Waals surface area contributed by atoms with E-state index < -0.39 is 5.82 Å². The van der Waals surface area contributed by atoms with Gasteiger partial charge in [0.15, 0.2) is 5.82 Å². The van der Waals surface area contributed by atoms with Crippen molar-refractivity contribution >= 4 is 28.9 Å². The number of methoxy groups -OCH3 is 2. The Morgan fingerprint density at radius 3 is 2.65 bits per heavy atom. The van der Waals surface area contributed by atoms with Crippen LogP contribution in [0.2, 0.25) is 5.02 Å². The highest BCUT2D eigenvalue weighted by Gasteiger charge is 2.11. The largest absolute Gasteiger partial charge is 0.497 e. The van der Waals surface area contributed by atoms with Crippen LogP contribution in [-0.2, 0) is 4.79 Å². The molecule has 2 N–H and O–H groups in total. The highest BCUT2D eigenvalue weighted by molar-refractivity contribution is 6.31. The minimum atomic E-state index is -0.594. The predicted molar refractivity (Wildman–Crippen MR) is 88.1 cm³/mol. The first-order chi connectivity index (χ1) is 11.0. The molecule has 0 fully saturated rings. The first kappa shape index (κ1) is 16.9. The number of ether oxygens (including phenoxy) is 2. The van der Waals surface area contributed by atoms with Gasteiger partial charge < -0.3 is 20.1 Å². The molecular weight excluding hydrogens is 323 g/mol. The van der Waals surface area contributed by atoms with Crippen LogP contribution in [0.5, 0.6) is 11.5 Å². The lowest BCUT2D eigenvalue weighted by Crippen LogP contribution is -2.22. The van der Waals surface area contributed by atoms with Gasteiger partial charge in [0.25, 0.3) is 0 Å². The fraction of sp³-hybridized carbons (Fsp3) is 0.188. The molecule has 0 heterocycles. The monoisotopic (exact) mass is 338 g/mol. The summed E-state index contributed by atoms with van der Waals surface area (Å²) in [7, 11) is 3.03. The molecule has 0 aliphatic rings. The maximum atomic E-state index is 13.7. The number of carbonyl (C=O) groups is 1. The van der Waals surface area contributed by atoms with Gasteiger partial charge >= 0.3 is 0 Å². The Morgan fingerprint density at radius 2 is 1.96 bits per heavy atom. The number of anilines is 2. The third-order valence-corrected chi connectivity index (χ3v) is 3.37. The summed E-state index contributed by atoms with van der Waals surface area (Å²) in [5, 5.41) is 5.37. The van der Waals surface area contributed by atoms with Crippen molar-refractivity contribution in [1.29, 1.82) is 0 Å². The summed E-state index contributed by atoms with van der Waals surface area (Å²) in [6.45, 7) is -0.119. The number of benzene rings is 2. The Labute approximate surface area is 138 Å². The van der Waals surface area contributed by atoms with E-state index in [0.717, 1.165) is 0 Å². The summed E-state index contributed by atoms with van der Waals surface area (Å²) >= 11 is 5.68. The van der Waals surface area contributed by atoms with Crippen LogP contribution in [0.1, 0.15) is 0 Å². The molecule has 122 valence electrons. The smallest absolute Gasteiger partial charge is 0.243 e. The fourth-order valence-electron chi connectivity index (χ4n) is 1.91. The van der Waals surface area contributed by atoms with E-state index in [2.05, 4.69) is 10.6 Å². The van der Waals surface area contributed by atoms with Gasteiger partial charge in [0.2, 0.25) is 5.91 Å². The Kier molecular flexibility index (Phi) is 5.65. The summed E-state index contributed by atoms with van der Waals surface area (Å²) in [6, 6.07) is 9.54. The SMILES string of the molecule is COc1ccc(NC(=O)CNc2cccc(Cl)c2F)c(OC)c1. The number of nitrogens with one attached hydrogen (secondary N) is 2. The van der Waals surface area contributed by atoms with Gasteiger partial charge in [-0.3, -0.25) is 4.79 Å². The molecule has 2 aromatic rings. The van der Waals surface area contributed by atoms with E-state index in [1.807, 2.05) is 0 Å². The molecule has 0 spiro atoms. The lowest BCUT2D eigenvalue weighted by atomic mass is 10.2. The molecule has 23 heavy (non-hydrogen) atoms. The van der Waals surface area contributed by atoms with Crippen LogP contribution in [0.3, 0.4) is 0 Å². The predicted octanol–water partition coefficient (Wildman–Crippen LogP) is 3.55. The van der Waals surface area contributed by atoms with Crippen molar-refractivity contribution < 1.29 is 18.7 Å². The molecule has 0 aliphatic heterocycles. The zero-order chi connectivity index (χ0) is 16.8. The normalized spacial score (nSPS) is 10.1. The van der Waals surface area contributed by atoms with Crippen molar-refractivity contribution in [2.45, 2.75) is 0 Å². The van der Waals surface area contributed by atoms with E-state index in [1.165, 1.54) is 26.4 Å². The Hall–Kier alpha value is -2.47. The van der Waals surface area contributed by atoms with Crippen LogP contribution in [0.25, 0.3) is 0 Å². The van der Waals surface area contributed by atoms with Crippen LogP contribution >= 0.6 is 11.6 Å². The molecular formula is C16H16ClFN2O3. The maximum absolute atomic E-state index is 13.7. The minimum Gasteiger partial charge on any atom is -0.497 e. The zero-order valence-electron chi connectivity index (χ0n) is 12.7. The topological polar surface area (TPSA) is 59.6 Å². The second-order valence-corrected chi connectivity index (χ2v) is 4.98. The Bertz CT molecular complexity index is 710. The molecule has 0 saturated heterocycles. The zero-order valence-corrected chi connectivity index (χ0v) is 13.4. The molecule has 0 bridgehead atoms. The number of halogens is 2. The van der Waals surface area contributed by atoms with E-state index in [-0.39, 0.29) is 23.2 Å². The van der Waals surface area contributed by atoms with E-state index >= 15 is 0 Å². The third kappa shape index (κ3) is 4.26. The van der Waals surface area contributed by atoms with E-state index in [9.17, 15) is 9.18 Å². The van der Waals surface area contributed by atoms with Gasteiger partial charge in [-0.15, -0.1) is 0 Å². The summed E-state index contributed by atoms with van der Waals surface area (Å²) in [4.78, 5) is 12.0. The first-order valence-electron chi connectivity index (χ1n) is 6.75. The average molecular weight is 339 g/mol. The fourth-order valence-corrected chi connectivity index (χ4v) is 2.09. The lowest BCUT2D eigenvalue weighted by Gasteiger charge is -2.12. The Morgan fingerprint density at radius 1 is 1.17 bits per heavy atom. The van der Waals surface area contributed by atoms with Crippen molar-refractivity contribution in [2.75, 3.05) is 31.4 Å². The van der Waals surface area contributed by atoms with Crippen LogP contribution in [-0.4, -0.2) is 26.7 Å². The van der Waals surface area contributed by atoms with E-state index in [0.29, 0.717) is 17.2 Å². The van der Waals surface area contributed by atoms with Gasteiger partial charge in [-0.05, 0) is 24.3 Å². The highest BCUT2D eigenvalue weighted by Crippen LogP contribution is 2.29. The van der Waals surface area contributed by atoms with Crippen molar-refractivity contribution in [1.82, 2.24) is 0 Å². The van der Waals surface area contributed by atoms with E-state index in [1.54, 1.807) is 24.3 Å². The number of carbonyl (C=O) groups excluding carboxylic acids is 1. The van der Waals surface area contributed by atoms with Crippen LogP contribution in [0.15, 0.2) is 36.4 Å². The van der Waals surface area contributed by atoms with Crippen LogP contribution in [0.4, 0.5) is 15.8 Å². The Balaban J connectivity index is 2.01. The summed E-state index contributed by atoms with van der Waals surface area (Å²) < 4.78 is 24.0. The molecule has 5 nitrogen and oxygen atoms in total. The molecule has 7 heteroatoms. The van der Waals surface area contributed by atoms with Gasteiger partial charge in [0.1, 0.15) is 11.5 Å². The van der Waals surface area contributed by atoms with Crippen molar-refractivity contribution in [2.24, 2.45) is 0 Å². The van der Waals surface area contributed by atoms with Gasteiger partial charge in [0.05, 0.1) is 37.2 Å². The quantitative estimate of drug-likeness (QED) is 0.845. The first-order valence-corrected chi connectivity index (χ1v) is 7.12. The molecule has 2 rings (SSSR count). The van der Waals surface area contributed by atoms with Crippen molar-refractivity contribution in [3.63, 3.8) is 0 Å². The molecule has 0 aliphatic carbocycles. The minimum absolute atomic E-state index is 0.00719. The third-order valence-electron chi connectivity index (χ3n) is 3.07. The molecule has 0 aromatic heterocycles. The summed E-state index contributed by atoms with van der Waals surface area (Å²) in [6.07, 6.45) is 0. The standard InChI is InChI=1S/C16H16ClFN2O3/c1-22-10-6-7-12(14(8-10)23-2)20-15(21)9-19-13-5-3-4-11(17)16(13)18/h3-8,19H,9H2,1-2H3,(H,20,21). The molecule has 0 unspecified atom stereocenters. The summed E-state index contributed by atoms with van der Waals surface area (Å²) in [5.41, 5.74) is 0.654. The second kappa shape index (κ2) is 7.69. The van der Waals surface area contributed by atoms with Gasteiger partial charge in [-0.1, -0.05) is 17.7 Å². The second-order valence-electron chi connectivity index (χ2n) is 4.57. The summed E-state index contributed by atoms with van der Waals surface area (Å²) in [5.74, 6) is 0.127. The van der Waals surface area contributed by atoms with Crippen LogP contribution < -0.4 is 20.1 Å². The van der Waals surface area contributed by atoms with Gasteiger partial charge in [-0.25, -0.2) is 4.39 Å². The highest BCUT2D eigenvalue weighted by atomic mass is 35.5. The van der Waals surface area contributed by atoms with Gasteiger partial charge in [0, 0.05) is 6.07 Å². The molecule has 0 atom stereocenters. The molecule has 0 saturated carbocycles. The molecule has 2 aromatic carbocycles. The van der Waals surface area contributed by atoms with Crippen LogP contribution in [0, 0.1) is 5.82 Å². The maximum Gasteiger partial charge on any atom is 0.243 e. The van der Waals surface area contributed by atoms with Gasteiger partial charge in [-0.2, -0.15) is 0 Å². The number of hydrogen-bond acceptors (Lipinski definition) is 4. The molecule has 0 radical (unpaired) electrons. The number of hydrogen-bond donors (Lipinski definition) is 2. The van der Waals surface area contributed by atoms with Crippen molar-refractivity contribution in [3.8, 4) is 11.5 Å². The van der Waals surface area contributed by atoms with E-state index in [4.69, 9.17) is 21.1 Å².